The van der Waals surface area contributed by atoms with Gasteiger partial charge in [0.15, 0.2) is 11.5 Å². The molecular formula is C27H24N8O6. The molecule has 1 fully saturated rings. The fourth-order valence-electron chi connectivity index (χ4n) is 5.01. The lowest BCUT2D eigenvalue weighted by atomic mass is 10.1. The van der Waals surface area contributed by atoms with Crippen molar-refractivity contribution in [1.82, 2.24) is 29.4 Å². The predicted molar refractivity (Wildman–Crippen MR) is 146 cm³/mol. The molecule has 7 rings (SSSR count). The molecule has 1 amide bonds. The minimum atomic E-state index is -1.07. The van der Waals surface area contributed by atoms with E-state index in [2.05, 4.69) is 20.4 Å². The molecule has 208 valence electrons. The van der Waals surface area contributed by atoms with Crippen LogP contribution in [0.4, 0.5) is 16.3 Å². The van der Waals surface area contributed by atoms with Crippen molar-refractivity contribution >= 4 is 40.1 Å². The summed E-state index contributed by atoms with van der Waals surface area (Å²) >= 11 is 0. The van der Waals surface area contributed by atoms with E-state index in [9.17, 15) is 9.59 Å². The largest absolute Gasteiger partial charge is 0.494 e. The van der Waals surface area contributed by atoms with Crippen molar-refractivity contribution in [2.24, 2.45) is 0 Å². The third-order valence-electron chi connectivity index (χ3n) is 6.90. The highest BCUT2D eigenvalue weighted by atomic mass is 16.6. The molecule has 14 heteroatoms. The van der Waals surface area contributed by atoms with E-state index in [1.54, 1.807) is 54.1 Å². The van der Waals surface area contributed by atoms with Crippen LogP contribution in [-0.2, 0) is 14.3 Å². The second-order valence-electron chi connectivity index (χ2n) is 9.30. The highest BCUT2D eigenvalue weighted by molar-refractivity contribution is 6.03. The number of cyclic esters (lactones) is 1. The Bertz CT molecular complexity index is 1830. The third-order valence-corrected chi connectivity index (χ3v) is 6.90. The topological polar surface area (TPSA) is 147 Å². The number of methoxy groups -OCH3 is 1. The molecule has 0 spiro atoms. The van der Waals surface area contributed by atoms with Gasteiger partial charge in [-0.25, -0.2) is 23.8 Å². The van der Waals surface area contributed by atoms with Crippen LogP contribution in [0.3, 0.4) is 0 Å². The van der Waals surface area contributed by atoms with Gasteiger partial charge in [-0.2, -0.15) is 5.10 Å². The number of benzene rings is 1. The Morgan fingerprint density at radius 2 is 2.12 bits per heavy atom. The molecule has 4 aromatic heterocycles. The lowest BCUT2D eigenvalue weighted by molar-refractivity contribution is -0.151. The van der Waals surface area contributed by atoms with E-state index in [0.717, 1.165) is 11.3 Å². The summed E-state index contributed by atoms with van der Waals surface area (Å²) in [6, 6.07) is 7.31. The van der Waals surface area contributed by atoms with Crippen LogP contribution in [0.2, 0.25) is 0 Å². The van der Waals surface area contributed by atoms with E-state index >= 15 is 0 Å². The van der Waals surface area contributed by atoms with Crippen LogP contribution in [0, 0.1) is 0 Å². The molecule has 0 radical (unpaired) electrons. The molecule has 14 nitrogen and oxygen atoms in total. The lowest BCUT2D eigenvalue weighted by Crippen LogP contribution is -2.29. The summed E-state index contributed by atoms with van der Waals surface area (Å²) in [6.45, 7) is 2.98. The molecule has 1 saturated heterocycles. The zero-order valence-electron chi connectivity index (χ0n) is 22.1. The molecule has 0 aliphatic carbocycles. The zero-order valence-corrected chi connectivity index (χ0v) is 22.1. The zero-order chi connectivity index (χ0) is 28.1. The number of esters is 1. The Balaban J connectivity index is 1.42. The number of nitrogens with one attached hydrogen (secondary N) is 1. The molecule has 0 saturated carbocycles. The van der Waals surface area contributed by atoms with Crippen LogP contribution in [-0.4, -0.2) is 80.9 Å². The first-order chi connectivity index (χ1) is 20.1. The molecule has 0 bridgehead atoms. The van der Waals surface area contributed by atoms with E-state index in [4.69, 9.17) is 24.0 Å². The maximum atomic E-state index is 13.0. The number of nitrogens with zero attached hydrogens (tertiary/aromatic N) is 7. The Hall–Kier alpha value is -5.40. The van der Waals surface area contributed by atoms with Gasteiger partial charge < -0.3 is 24.3 Å². The number of hydrogen-bond acceptors (Lipinski definition) is 11. The van der Waals surface area contributed by atoms with Crippen molar-refractivity contribution in [2.75, 3.05) is 43.6 Å². The second-order valence-corrected chi connectivity index (χ2v) is 9.30. The molecule has 1 unspecified atom stereocenters. The van der Waals surface area contributed by atoms with E-state index < -0.39 is 18.2 Å². The fourth-order valence-corrected chi connectivity index (χ4v) is 5.01. The van der Waals surface area contributed by atoms with Crippen LogP contribution in [0.1, 0.15) is 6.92 Å². The number of aromatic nitrogens is 6. The van der Waals surface area contributed by atoms with Gasteiger partial charge in [0, 0.05) is 37.3 Å². The first-order valence-electron chi connectivity index (χ1n) is 13.0. The standard InChI is InChI=1S/C27H24N8O6/c1-3-39-26(36)23-14-33(27(37)41-23)25-16-12-30-17(15-13-31-34-7-4-5-29-24(15)34)9-19(16)35(32-25)20-11-21-18(10-22(20)38-2)28-6-8-40-21/h4-5,7,9-13,23,28H,3,6,8,14H2,1-2H3. The number of ether oxygens (including phenoxy) is 4. The summed E-state index contributed by atoms with van der Waals surface area (Å²) in [5.74, 6) is 0.824. The van der Waals surface area contributed by atoms with Crippen molar-refractivity contribution in [3.63, 3.8) is 0 Å². The van der Waals surface area contributed by atoms with Gasteiger partial charge in [-0.05, 0) is 19.1 Å². The number of rotatable bonds is 6. The number of carbonyl (C=O) groups is 2. The maximum absolute atomic E-state index is 13.0. The number of fused-ring (bicyclic) bond motifs is 3. The normalized spacial score (nSPS) is 16.3. The summed E-state index contributed by atoms with van der Waals surface area (Å²) in [5.41, 5.74) is 3.95. The highest BCUT2D eigenvalue weighted by Crippen LogP contribution is 2.40. The average Bonchev–Trinajstić information content (AvgIpc) is 3.71. The van der Waals surface area contributed by atoms with Crippen molar-refractivity contribution in [1.29, 1.82) is 0 Å². The smallest absolute Gasteiger partial charge is 0.416 e. The first-order valence-corrected chi connectivity index (χ1v) is 13.0. The molecule has 2 aliphatic heterocycles. The summed E-state index contributed by atoms with van der Waals surface area (Å²) < 4.78 is 25.4. The molecular weight excluding hydrogens is 532 g/mol. The number of hydrogen-bond donors (Lipinski definition) is 1. The maximum Gasteiger partial charge on any atom is 0.416 e. The molecule has 2 aliphatic rings. The molecule has 5 aromatic rings. The van der Waals surface area contributed by atoms with Crippen LogP contribution in [0.25, 0.3) is 33.5 Å². The quantitative estimate of drug-likeness (QED) is 0.308. The van der Waals surface area contributed by atoms with Gasteiger partial charge in [0.2, 0.25) is 6.10 Å². The lowest BCUT2D eigenvalue weighted by Gasteiger charge is -2.21. The van der Waals surface area contributed by atoms with E-state index in [0.29, 0.717) is 52.6 Å². The number of pyridine rings is 1. The van der Waals surface area contributed by atoms with E-state index in [1.807, 2.05) is 18.2 Å². The van der Waals surface area contributed by atoms with E-state index in [1.165, 1.54) is 4.90 Å². The third kappa shape index (κ3) is 4.02. The van der Waals surface area contributed by atoms with Gasteiger partial charge in [-0.3, -0.25) is 9.88 Å². The minimum Gasteiger partial charge on any atom is -0.494 e. The van der Waals surface area contributed by atoms with Crippen molar-refractivity contribution < 1.29 is 28.5 Å². The highest BCUT2D eigenvalue weighted by Gasteiger charge is 2.40. The van der Waals surface area contributed by atoms with Crippen LogP contribution >= 0.6 is 0 Å². The molecule has 1 N–H and O–H groups in total. The van der Waals surface area contributed by atoms with Crippen molar-refractivity contribution in [3.8, 4) is 28.4 Å². The van der Waals surface area contributed by atoms with Crippen LogP contribution in [0.5, 0.6) is 11.5 Å². The summed E-state index contributed by atoms with van der Waals surface area (Å²) in [6.07, 6.45) is 5.03. The number of amides is 1. The number of carbonyl (C=O) groups excluding carboxylic acids is 2. The monoisotopic (exact) mass is 556 g/mol. The molecule has 1 aromatic carbocycles. The Kier molecular flexibility index (Phi) is 5.80. The molecule has 1 atom stereocenters. The summed E-state index contributed by atoms with van der Waals surface area (Å²) in [5, 5.41) is 13.1. The van der Waals surface area contributed by atoms with Gasteiger partial charge in [0.1, 0.15) is 23.8 Å². The minimum absolute atomic E-state index is 0.0577. The van der Waals surface area contributed by atoms with Crippen LogP contribution in [0.15, 0.2) is 49.1 Å². The van der Waals surface area contributed by atoms with Crippen molar-refractivity contribution in [3.05, 3.63) is 49.1 Å². The average molecular weight is 557 g/mol. The predicted octanol–water partition coefficient (Wildman–Crippen LogP) is 2.83. The van der Waals surface area contributed by atoms with Gasteiger partial charge in [0.05, 0.1) is 54.3 Å². The first kappa shape index (κ1) is 24.6. The summed E-state index contributed by atoms with van der Waals surface area (Å²) in [4.78, 5) is 35.7. The molecule has 6 heterocycles. The Morgan fingerprint density at radius 3 is 2.98 bits per heavy atom. The van der Waals surface area contributed by atoms with Gasteiger partial charge >= 0.3 is 12.1 Å². The fraction of sp³-hybridized carbons (Fsp3) is 0.259. The Labute approximate surface area is 232 Å². The van der Waals surface area contributed by atoms with Gasteiger partial charge in [0.25, 0.3) is 0 Å². The SMILES string of the molecule is CCOC(=O)C1CN(c2nn(-c3cc4c(cc3OC)NCCO4)c3cc(-c4cnn5cccnc45)ncc23)C(=O)O1. The van der Waals surface area contributed by atoms with Gasteiger partial charge in [-0.1, -0.05) is 0 Å². The van der Waals surface area contributed by atoms with Gasteiger partial charge in [-0.15, -0.1) is 5.10 Å². The summed E-state index contributed by atoms with van der Waals surface area (Å²) in [7, 11) is 1.57. The molecule has 41 heavy (non-hydrogen) atoms. The van der Waals surface area contributed by atoms with E-state index in [-0.39, 0.29) is 19.0 Å². The number of anilines is 2. The van der Waals surface area contributed by atoms with Crippen LogP contribution < -0.4 is 19.7 Å². The van der Waals surface area contributed by atoms with Crippen molar-refractivity contribution in [2.45, 2.75) is 13.0 Å². The Morgan fingerprint density at radius 1 is 1.22 bits per heavy atom. The second kappa shape index (κ2) is 9.66.